The first-order chi connectivity index (χ1) is 7.61. The molecular weight excluding hydrogens is 218 g/mol. The summed E-state index contributed by atoms with van der Waals surface area (Å²) in [6.45, 7) is -0.278. The van der Waals surface area contributed by atoms with Crippen molar-refractivity contribution in [1.82, 2.24) is 15.5 Å². The van der Waals surface area contributed by atoms with Crippen LogP contribution >= 0.6 is 0 Å². The molecule has 0 spiro atoms. The molecule has 2 aliphatic heterocycles. The van der Waals surface area contributed by atoms with Crippen molar-refractivity contribution in [3.8, 4) is 0 Å². The van der Waals surface area contributed by atoms with E-state index in [2.05, 4.69) is 10.6 Å². The number of imide groups is 1. The number of nitrogens with one attached hydrogen (secondary N) is 2. The Morgan fingerprint density at radius 1 is 1.50 bits per heavy atom. The minimum absolute atomic E-state index is 0.0280. The van der Waals surface area contributed by atoms with Gasteiger partial charge in [-0.05, 0) is 0 Å². The van der Waals surface area contributed by atoms with E-state index in [9.17, 15) is 14.7 Å². The molecule has 2 fully saturated rings. The van der Waals surface area contributed by atoms with Crippen molar-refractivity contribution in [2.45, 2.75) is 24.9 Å². The largest absolute Gasteiger partial charge is 0.394 e. The fraction of sp³-hybridized carbons (Fsp3) is 0.750. The van der Waals surface area contributed by atoms with Gasteiger partial charge in [0.15, 0.2) is 0 Å². The number of ether oxygens (including phenoxy) is 1. The minimum atomic E-state index is -0.805. The third-order valence-corrected chi connectivity index (χ3v) is 2.62. The van der Waals surface area contributed by atoms with Crippen LogP contribution in [-0.2, 0) is 4.74 Å². The van der Waals surface area contributed by atoms with Crippen LogP contribution in [0.4, 0.5) is 9.59 Å². The van der Waals surface area contributed by atoms with Crippen molar-refractivity contribution in [3.05, 3.63) is 0 Å². The molecule has 1 unspecified atom stereocenters. The van der Waals surface area contributed by atoms with Gasteiger partial charge in [-0.25, -0.2) is 9.59 Å². The zero-order valence-electron chi connectivity index (χ0n) is 8.42. The van der Waals surface area contributed by atoms with Crippen LogP contribution in [0.5, 0.6) is 0 Å². The topological polar surface area (TPSA) is 111 Å². The standard InChI is InChI=1S/C8H13N3O5/c12-2-5-4(13)1-6(16-5)11-3-9-7(14)10-8(11)15/h4-6,12-13H,1-3H2,(H2,9,10,14,15)/t4?,5-,6-/m0/s1. The molecule has 2 heterocycles. The van der Waals surface area contributed by atoms with E-state index < -0.39 is 30.5 Å². The zero-order valence-corrected chi connectivity index (χ0v) is 8.42. The summed E-state index contributed by atoms with van der Waals surface area (Å²) in [7, 11) is 0. The van der Waals surface area contributed by atoms with Gasteiger partial charge in [0.2, 0.25) is 0 Å². The van der Waals surface area contributed by atoms with Crippen LogP contribution in [0.1, 0.15) is 6.42 Å². The Balaban J connectivity index is 1.98. The second-order valence-corrected chi connectivity index (χ2v) is 3.68. The van der Waals surface area contributed by atoms with Gasteiger partial charge in [-0.15, -0.1) is 0 Å². The van der Waals surface area contributed by atoms with Gasteiger partial charge in [0, 0.05) is 6.42 Å². The Bertz CT molecular complexity index is 310. The summed E-state index contributed by atoms with van der Waals surface area (Å²) in [4.78, 5) is 23.5. The molecule has 2 aliphatic rings. The van der Waals surface area contributed by atoms with Crippen LogP contribution in [0.15, 0.2) is 0 Å². The number of carbonyl (C=O) groups is 2. The molecule has 0 radical (unpaired) electrons. The van der Waals surface area contributed by atoms with Crippen molar-refractivity contribution in [1.29, 1.82) is 0 Å². The summed E-state index contributed by atoms with van der Waals surface area (Å²) < 4.78 is 5.28. The Morgan fingerprint density at radius 3 is 2.81 bits per heavy atom. The molecule has 0 aromatic carbocycles. The van der Waals surface area contributed by atoms with Crippen LogP contribution in [0.3, 0.4) is 0 Å². The van der Waals surface area contributed by atoms with Crippen molar-refractivity contribution in [3.63, 3.8) is 0 Å². The van der Waals surface area contributed by atoms with Crippen LogP contribution < -0.4 is 10.6 Å². The van der Waals surface area contributed by atoms with Crippen LogP contribution in [0.2, 0.25) is 0 Å². The third kappa shape index (κ3) is 1.94. The monoisotopic (exact) mass is 231 g/mol. The molecular formula is C8H13N3O5. The summed E-state index contributed by atoms with van der Waals surface area (Å²) in [6.07, 6.45) is -1.90. The van der Waals surface area contributed by atoms with Gasteiger partial charge in [0.1, 0.15) is 12.3 Å². The lowest BCUT2D eigenvalue weighted by molar-refractivity contribution is -0.0662. The number of carbonyl (C=O) groups excluding carboxylic acids is 2. The highest BCUT2D eigenvalue weighted by Crippen LogP contribution is 2.23. The predicted octanol–water partition coefficient (Wildman–Crippen LogP) is -1.85. The Morgan fingerprint density at radius 2 is 2.25 bits per heavy atom. The number of aliphatic hydroxyl groups is 2. The summed E-state index contributed by atoms with van der Waals surface area (Å²) in [5, 5.41) is 22.9. The van der Waals surface area contributed by atoms with E-state index in [1.54, 1.807) is 0 Å². The highest BCUT2D eigenvalue weighted by atomic mass is 16.5. The molecule has 90 valence electrons. The molecule has 4 N–H and O–H groups in total. The lowest BCUT2D eigenvalue weighted by atomic mass is 10.2. The molecule has 4 amide bonds. The zero-order chi connectivity index (χ0) is 11.7. The molecule has 0 bridgehead atoms. The van der Waals surface area contributed by atoms with E-state index in [0.29, 0.717) is 0 Å². The van der Waals surface area contributed by atoms with Gasteiger partial charge in [-0.2, -0.15) is 0 Å². The lowest BCUT2D eigenvalue weighted by Gasteiger charge is -2.31. The van der Waals surface area contributed by atoms with Crippen LogP contribution in [-0.4, -0.2) is 58.9 Å². The van der Waals surface area contributed by atoms with Crippen molar-refractivity contribution >= 4 is 12.1 Å². The molecule has 2 rings (SSSR count). The molecule has 0 aromatic heterocycles. The maximum Gasteiger partial charge on any atom is 0.328 e. The normalized spacial score (nSPS) is 34.9. The van der Waals surface area contributed by atoms with Crippen molar-refractivity contribution in [2.75, 3.05) is 13.3 Å². The first-order valence-electron chi connectivity index (χ1n) is 4.91. The molecule has 8 nitrogen and oxygen atoms in total. The summed E-state index contributed by atoms with van der Waals surface area (Å²) in [5.41, 5.74) is 0. The van der Waals surface area contributed by atoms with Gasteiger partial charge < -0.3 is 20.3 Å². The lowest BCUT2D eigenvalue weighted by Crippen LogP contribution is -2.60. The number of rotatable bonds is 2. The Labute approximate surface area is 91.2 Å². The predicted molar refractivity (Wildman–Crippen MR) is 50.1 cm³/mol. The molecule has 0 aromatic rings. The van der Waals surface area contributed by atoms with Crippen LogP contribution in [0.25, 0.3) is 0 Å². The minimum Gasteiger partial charge on any atom is -0.394 e. The molecule has 0 saturated carbocycles. The van der Waals surface area contributed by atoms with Gasteiger partial charge >= 0.3 is 12.1 Å². The summed E-state index contributed by atoms with van der Waals surface area (Å²) >= 11 is 0. The van der Waals surface area contributed by atoms with Gasteiger partial charge in [-0.1, -0.05) is 0 Å². The molecule has 8 heteroatoms. The fourth-order valence-corrected chi connectivity index (χ4v) is 1.75. The van der Waals surface area contributed by atoms with Gasteiger partial charge in [0.25, 0.3) is 0 Å². The maximum absolute atomic E-state index is 11.4. The second-order valence-electron chi connectivity index (χ2n) is 3.68. The van der Waals surface area contributed by atoms with E-state index >= 15 is 0 Å². The van der Waals surface area contributed by atoms with Crippen LogP contribution in [0, 0.1) is 0 Å². The number of hydrogen-bond acceptors (Lipinski definition) is 5. The SMILES string of the molecule is O=C1NCN([C@@H]2CC(O)[C@H](CO)O2)C(=O)N1. The van der Waals surface area contributed by atoms with E-state index in [0.717, 1.165) is 0 Å². The van der Waals surface area contributed by atoms with E-state index in [1.807, 2.05) is 0 Å². The Kier molecular flexibility index (Phi) is 2.95. The first kappa shape index (κ1) is 11.1. The average molecular weight is 231 g/mol. The van der Waals surface area contributed by atoms with Crippen molar-refractivity contribution < 1.29 is 24.5 Å². The van der Waals surface area contributed by atoms with Gasteiger partial charge in [0.05, 0.1) is 19.4 Å². The maximum atomic E-state index is 11.4. The number of aliphatic hydroxyl groups excluding tert-OH is 2. The van der Waals surface area contributed by atoms with E-state index in [4.69, 9.17) is 9.84 Å². The van der Waals surface area contributed by atoms with E-state index in [-0.39, 0.29) is 19.7 Å². The summed E-state index contributed by atoms with van der Waals surface area (Å²) in [6, 6.07) is -1.13. The quantitative estimate of drug-likeness (QED) is 0.445. The molecule has 2 saturated heterocycles. The average Bonchev–Trinajstić information content (AvgIpc) is 2.59. The number of urea groups is 2. The second kappa shape index (κ2) is 4.24. The molecule has 0 aliphatic carbocycles. The summed E-state index contributed by atoms with van der Waals surface area (Å²) in [5.74, 6) is 0. The number of hydrogen-bond donors (Lipinski definition) is 4. The first-order valence-corrected chi connectivity index (χ1v) is 4.91. The van der Waals surface area contributed by atoms with Gasteiger partial charge in [-0.3, -0.25) is 10.2 Å². The van der Waals surface area contributed by atoms with E-state index in [1.165, 1.54) is 4.90 Å². The highest BCUT2D eigenvalue weighted by molar-refractivity contribution is 5.95. The number of nitrogens with zero attached hydrogens (tertiary/aromatic N) is 1. The smallest absolute Gasteiger partial charge is 0.328 e. The fourth-order valence-electron chi connectivity index (χ4n) is 1.75. The number of amides is 4. The van der Waals surface area contributed by atoms with Crippen molar-refractivity contribution in [2.24, 2.45) is 0 Å². The highest BCUT2D eigenvalue weighted by Gasteiger charge is 2.40. The third-order valence-electron chi connectivity index (χ3n) is 2.62. The molecule has 3 atom stereocenters. The Hall–Kier alpha value is -1.38. The molecule has 16 heavy (non-hydrogen) atoms.